The average molecular weight is 357 g/mol. The molecule has 0 unspecified atom stereocenters. The van der Waals surface area contributed by atoms with Crippen LogP contribution in [0.15, 0.2) is 6.20 Å². The Kier molecular flexibility index (Phi) is 5.33. The number of rotatable bonds is 3. The van der Waals surface area contributed by atoms with Crippen LogP contribution in [0, 0.1) is 0 Å². The second kappa shape index (κ2) is 6.87. The maximum atomic E-state index is 12.4. The Bertz CT molecular complexity index is 556. The Morgan fingerprint density at radius 3 is 2.50 bits per heavy atom. The van der Waals surface area contributed by atoms with Crippen LogP contribution in [0.4, 0.5) is 19.0 Å². The third kappa shape index (κ3) is 4.36. The topological polar surface area (TPSA) is 66.9 Å². The number of hydrogen-bond acceptors (Lipinski definition) is 4. The third-order valence-electron chi connectivity index (χ3n) is 3.38. The molecule has 5 nitrogen and oxygen atoms in total. The molecule has 1 aromatic heterocycles. The van der Waals surface area contributed by atoms with Gasteiger partial charge in [0.1, 0.15) is 10.8 Å². The maximum absolute atomic E-state index is 12.4. The zero-order chi connectivity index (χ0) is 16.3. The molecule has 1 fully saturated rings. The number of nitrogens with zero attached hydrogens (tertiary/aromatic N) is 2. The number of nitrogens with one attached hydrogen (secondary N) is 2. The number of hydrogen-bond donors (Lipinski definition) is 2. The molecule has 2 N–H and O–H groups in total. The number of anilines is 1. The minimum absolute atomic E-state index is 0.0291. The smallest absolute Gasteiger partial charge is 0.364 e. The largest absolute Gasteiger partial charge is 0.471 e. The number of alkyl halides is 3. The Morgan fingerprint density at radius 1 is 1.23 bits per heavy atom. The Hall–Kier alpha value is -1.28. The highest BCUT2D eigenvalue weighted by Gasteiger charge is 2.41. The van der Waals surface area contributed by atoms with E-state index in [0.29, 0.717) is 12.8 Å². The van der Waals surface area contributed by atoms with Crippen molar-refractivity contribution in [2.24, 2.45) is 0 Å². The van der Waals surface area contributed by atoms with Gasteiger partial charge >= 0.3 is 12.1 Å². The molecular formula is C12H13Cl2F3N4O. The molecular weight excluding hydrogens is 344 g/mol. The molecule has 0 saturated heterocycles. The van der Waals surface area contributed by atoms with E-state index in [1.54, 1.807) is 0 Å². The van der Waals surface area contributed by atoms with E-state index in [4.69, 9.17) is 23.2 Å². The molecule has 0 aliphatic heterocycles. The van der Waals surface area contributed by atoms with E-state index < -0.39 is 24.2 Å². The molecule has 1 amide bonds. The van der Waals surface area contributed by atoms with Gasteiger partial charge < -0.3 is 10.6 Å². The normalized spacial score (nSPS) is 22.2. The summed E-state index contributed by atoms with van der Waals surface area (Å²) in [7, 11) is 0. The Balaban J connectivity index is 2.10. The lowest BCUT2D eigenvalue weighted by atomic mass is 9.90. The Labute approximate surface area is 134 Å². The molecule has 2 rings (SSSR count). The summed E-state index contributed by atoms with van der Waals surface area (Å²) < 4.78 is 37.2. The standard InChI is InChI=1S/C12H13Cl2F3N4O/c13-6-5-18-11(14)21-9(6)19-7-3-1-2-4-8(7)20-10(22)12(15,16)17/h5,7-8H,1-4H2,(H,20,22)(H,18,19,21)/t7-,8-/m1/s1. The zero-order valence-corrected chi connectivity index (χ0v) is 12.8. The van der Waals surface area contributed by atoms with Gasteiger partial charge in [-0.3, -0.25) is 4.79 Å². The highest BCUT2D eigenvalue weighted by molar-refractivity contribution is 6.33. The fourth-order valence-electron chi connectivity index (χ4n) is 2.35. The molecule has 0 radical (unpaired) electrons. The molecule has 1 aromatic rings. The summed E-state index contributed by atoms with van der Waals surface area (Å²) in [6, 6.07) is -1.07. The first-order chi connectivity index (χ1) is 10.3. The molecule has 2 atom stereocenters. The van der Waals surface area contributed by atoms with Gasteiger partial charge in [0.25, 0.3) is 0 Å². The Morgan fingerprint density at radius 2 is 1.86 bits per heavy atom. The third-order valence-corrected chi connectivity index (χ3v) is 3.84. The second-order valence-corrected chi connectivity index (χ2v) is 5.69. The van der Waals surface area contributed by atoms with Gasteiger partial charge in [-0.15, -0.1) is 0 Å². The van der Waals surface area contributed by atoms with Crippen molar-refractivity contribution in [2.75, 3.05) is 5.32 Å². The van der Waals surface area contributed by atoms with Crippen molar-refractivity contribution in [3.8, 4) is 0 Å². The minimum atomic E-state index is -4.90. The molecule has 1 aliphatic carbocycles. The number of carbonyl (C=O) groups is 1. The van der Waals surface area contributed by atoms with E-state index in [1.807, 2.05) is 5.32 Å². The summed E-state index contributed by atoms with van der Waals surface area (Å²) in [6.07, 6.45) is -1.02. The van der Waals surface area contributed by atoms with E-state index in [9.17, 15) is 18.0 Å². The highest BCUT2D eigenvalue weighted by atomic mass is 35.5. The van der Waals surface area contributed by atoms with Crippen LogP contribution in [0.2, 0.25) is 10.3 Å². The van der Waals surface area contributed by atoms with Crippen LogP contribution in [-0.2, 0) is 4.79 Å². The highest BCUT2D eigenvalue weighted by Crippen LogP contribution is 2.26. The van der Waals surface area contributed by atoms with Gasteiger partial charge in [-0.1, -0.05) is 24.4 Å². The molecule has 1 saturated carbocycles. The monoisotopic (exact) mass is 356 g/mol. The van der Waals surface area contributed by atoms with Crippen LogP contribution in [0.1, 0.15) is 25.7 Å². The van der Waals surface area contributed by atoms with Crippen LogP contribution >= 0.6 is 23.2 Å². The SMILES string of the molecule is O=C(N[C@@H]1CCCC[C@H]1Nc1nc(Cl)ncc1Cl)C(F)(F)F. The first-order valence-electron chi connectivity index (χ1n) is 6.59. The minimum Gasteiger partial charge on any atom is -0.364 e. The van der Waals surface area contributed by atoms with Crippen molar-refractivity contribution < 1.29 is 18.0 Å². The lowest BCUT2D eigenvalue weighted by Crippen LogP contribution is -2.52. The van der Waals surface area contributed by atoms with Crippen LogP contribution in [0.25, 0.3) is 0 Å². The summed E-state index contributed by atoms with van der Waals surface area (Å²) in [5, 5.41) is 5.14. The summed E-state index contributed by atoms with van der Waals surface area (Å²) in [5.41, 5.74) is 0. The van der Waals surface area contributed by atoms with Crippen LogP contribution < -0.4 is 10.6 Å². The fraction of sp³-hybridized carbons (Fsp3) is 0.583. The van der Waals surface area contributed by atoms with Crippen molar-refractivity contribution in [2.45, 2.75) is 43.9 Å². The van der Waals surface area contributed by atoms with Gasteiger partial charge in [-0.25, -0.2) is 4.98 Å². The van der Waals surface area contributed by atoms with Crippen molar-refractivity contribution in [1.82, 2.24) is 15.3 Å². The number of carbonyl (C=O) groups excluding carboxylic acids is 1. The van der Waals surface area contributed by atoms with Gasteiger partial charge in [0, 0.05) is 12.1 Å². The van der Waals surface area contributed by atoms with Crippen molar-refractivity contribution in [1.29, 1.82) is 0 Å². The average Bonchev–Trinajstić information content (AvgIpc) is 2.44. The summed E-state index contributed by atoms with van der Waals surface area (Å²) in [5.74, 6) is -1.71. The van der Waals surface area contributed by atoms with Crippen molar-refractivity contribution >= 4 is 34.9 Å². The summed E-state index contributed by atoms with van der Waals surface area (Å²) in [4.78, 5) is 18.7. The summed E-state index contributed by atoms with van der Waals surface area (Å²) in [6.45, 7) is 0. The summed E-state index contributed by atoms with van der Waals surface area (Å²) >= 11 is 11.6. The maximum Gasteiger partial charge on any atom is 0.471 e. The lowest BCUT2D eigenvalue weighted by Gasteiger charge is -2.33. The molecule has 0 spiro atoms. The number of amides is 1. The predicted octanol–water partition coefficient (Wildman–Crippen LogP) is 3.19. The molecule has 0 aromatic carbocycles. The second-order valence-electron chi connectivity index (χ2n) is 4.95. The van der Waals surface area contributed by atoms with E-state index in [0.717, 1.165) is 12.8 Å². The van der Waals surface area contributed by atoms with Gasteiger partial charge in [0.15, 0.2) is 0 Å². The quantitative estimate of drug-likeness (QED) is 0.816. The number of aromatic nitrogens is 2. The number of halogens is 5. The van der Waals surface area contributed by atoms with Gasteiger partial charge in [0.2, 0.25) is 5.28 Å². The molecule has 1 aliphatic rings. The van der Waals surface area contributed by atoms with Gasteiger partial charge in [0.05, 0.1) is 6.20 Å². The van der Waals surface area contributed by atoms with E-state index in [2.05, 4.69) is 15.3 Å². The van der Waals surface area contributed by atoms with E-state index in [1.165, 1.54) is 6.20 Å². The van der Waals surface area contributed by atoms with Crippen molar-refractivity contribution in [3.05, 3.63) is 16.5 Å². The predicted molar refractivity (Wildman–Crippen MR) is 75.9 cm³/mol. The van der Waals surface area contributed by atoms with Crippen LogP contribution in [-0.4, -0.2) is 34.1 Å². The van der Waals surface area contributed by atoms with Crippen LogP contribution in [0.3, 0.4) is 0 Å². The van der Waals surface area contributed by atoms with E-state index >= 15 is 0 Å². The molecule has 22 heavy (non-hydrogen) atoms. The molecule has 122 valence electrons. The zero-order valence-electron chi connectivity index (χ0n) is 11.3. The fourth-order valence-corrected chi connectivity index (χ4v) is 2.63. The lowest BCUT2D eigenvalue weighted by molar-refractivity contribution is -0.174. The van der Waals surface area contributed by atoms with Gasteiger partial charge in [-0.05, 0) is 24.4 Å². The van der Waals surface area contributed by atoms with Crippen LogP contribution in [0.5, 0.6) is 0 Å². The molecule has 1 heterocycles. The van der Waals surface area contributed by atoms with E-state index in [-0.39, 0.29) is 16.1 Å². The van der Waals surface area contributed by atoms with Crippen molar-refractivity contribution in [3.63, 3.8) is 0 Å². The first-order valence-corrected chi connectivity index (χ1v) is 7.35. The van der Waals surface area contributed by atoms with Gasteiger partial charge in [-0.2, -0.15) is 18.2 Å². The molecule has 10 heteroatoms. The first kappa shape index (κ1) is 17.1. The molecule has 0 bridgehead atoms.